The number of methoxy groups -OCH3 is 1. The molecular formula is C36H52N4O8Si. The molecule has 1 aliphatic heterocycles. The standard InChI is InChI=1S/C36H52N4O8Si/c1-35(2,3)47-33(43)38-15-13-37(14-16-38)22-25-11-12-29-26(19-25)21-30(40(29)34(44)48-36(4,5)6)28-20-27(32(42)45-7)23-39(31(28)41)24-46-17-18-49(8,9)10/h11-12,19-21,23H,13-18,22,24H2,1-10H3. The van der Waals surface area contributed by atoms with E-state index >= 15 is 0 Å². The van der Waals surface area contributed by atoms with Crippen molar-refractivity contribution in [1.29, 1.82) is 0 Å². The van der Waals surface area contributed by atoms with Crippen molar-refractivity contribution in [3.8, 4) is 11.3 Å². The summed E-state index contributed by atoms with van der Waals surface area (Å²) in [5.74, 6) is -0.619. The Morgan fingerprint density at radius 2 is 1.49 bits per heavy atom. The average molecular weight is 697 g/mol. The van der Waals surface area contributed by atoms with Crippen LogP contribution in [0.3, 0.4) is 0 Å². The first kappa shape index (κ1) is 37.9. The number of esters is 1. The molecule has 12 nitrogen and oxygen atoms in total. The minimum absolute atomic E-state index is 0.0564. The van der Waals surface area contributed by atoms with Gasteiger partial charge in [-0.1, -0.05) is 25.7 Å². The van der Waals surface area contributed by atoms with Gasteiger partial charge in [0.25, 0.3) is 5.56 Å². The SMILES string of the molecule is COC(=O)c1cc(-c2cc3cc(CN4CCN(C(=O)OC(C)(C)C)CC4)ccc3n2C(=O)OC(C)(C)C)c(=O)n(COCC[Si](C)(C)C)c1. The van der Waals surface area contributed by atoms with E-state index in [4.69, 9.17) is 18.9 Å². The molecule has 0 spiro atoms. The van der Waals surface area contributed by atoms with Gasteiger partial charge in [0.05, 0.1) is 29.4 Å². The number of hydrogen-bond acceptors (Lipinski definition) is 9. The minimum Gasteiger partial charge on any atom is -0.465 e. The number of aromatic nitrogens is 2. The second-order valence-electron chi connectivity index (χ2n) is 15.7. The molecule has 0 saturated carbocycles. The maximum absolute atomic E-state index is 14.0. The summed E-state index contributed by atoms with van der Waals surface area (Å²) in [6.45, 7) is 21.2. The Balaban J connectivity index is 1.70. The molecule has 49 heavy (non-hydrogen) atoms. The van der Waals surface area contributed by atoms with Gasteiger partial charge in [-0.15, -0.1) is 0 Å². The molecule has 0 N–H and O–H groups in total. The molecule has 1 saturated heterocycles. The number of fused-ring (bicyclic) bond motifs is 1. The number of ether oxygens (including phenoxy) is 4. The van der Waals surface area contributed by atoms with E-state index in [1.165, 1.54) is 28.5 Å². The Morgan fingerprint density at radius 1 is 0.857 bits per heavy atom. The van der Waals surface area contributed by atoms with Crippen molar-refractivity contribution in [2.45, 2.75) is 91.7 Å². The molecule has 2 aromatic heterocycles. The van der Waals surface area contributed by atoms with Gasteiger partial charge >= 0.3 is 18.2 Å². The number of rotatable bonds is 9. The van der Waals surface area contributed by atoms with Gasteiger partial charge in [-0.25, -0.2) is 19.0 Å². The predicted molar refractivity (Wildman–Crippen MR) is 192 cm³/mol. The molecule has 1 aromatic carbocycles. The fourth-order valence-electron chi connectivity index (χ4n) is 5.42. The van der Waals surface area contributed by atoms with E-state index in [0.717, 1.165) is 17.0 Å². The highest BCUT2D eigenvalue weighted by Crippen LogP contribution is 2.30. The summed E-state index contributed by atoms with van der Waals surface area (Å²) in [7, 11) is -0.0895. The van der Waals surface area contributed by atoms with E-state index in [0.29, 0.717) is 50.5 Å². The summed E-state index contributed by atoms with van der Waals surface area (Å²) in [4.78, 5) is 57.0. The third-order valence-electron chi connectivity index (χ3n) is 7.88. The molecule has 3 aromatic rings. The van der Waals surface area contributed by atoms with Crippen LogP contribution in [0.1, 0.15) is 57.5 Å². The van der Waals surface area contributed by atoms with E-state index < -0.39 is 36.9 Å². The van der Waals surface area contributed by atoms with Gasteiger partial charge < -0.3 is 23.8 Å². The molecule has 13 heteroatoms. The van der Waals surface area contributed by atoms with Crippen molar-refractivity contribution in [1.82, 2.24) is 18.9 Å². The summed E-state index contributed by atoms with van der Waals surface area (Å²) < 4.78 is 24.9. The molecule has 3 heterocycles. The Hall–Kier alpha value is -3.94. The van der Waals surface area contributed by atoms with E-state index in [-0.39, 0.29) is 24.0 Å². The van der Waals surface area contributed by atoms with E-state index in [2.05, 4.69) is 24.5 Å². The lowest BCUT2D eigenvalue weighted by Gasteiger charge is -2.35. The summed E-state index contributed by atoms with van der Waals surface area (Å²) in [6, 6.07) is 9.92. The van der Waals surface area contributed by atoms with E-state index in [1.54, 1.807) is 31.7 Å². The van der Waals surface area contributed by atoms with Crippen LogP contribution < -0.4 is 5.56 Å². The Labute approximate surface area is 289 Å². The largest absolute Gasteiger partial charge is 0.465 e. The minimum atomic E-state index is -1.37. The Bertz CT molecular complexity index is 1730. The van der Waals surface area contributed by atoms with Crippen LogP contribution in [0.15, 0.2) is 41.3 Å². The Kier molecular flexibility index (Phi) is 11.5. The lowest BCUT2D eigenvalue weighted by Crippen LogP contribution is -2.49. The number of piperazine rings is 1. The normalized spacial score (nSPS) is 14.6. The molecule has 0 bridgehead atoms. The maximum atomic E-state index is 14.0. The summed E-state index contributed by atoms with van der Waals surface area (Å²) in [6.07, 6.45) is 0.468. The van der Waals surface area contributed by atoms with Crippen molar-refractivity contribution < 1.29 is 33.3 Å². The van der Waals surface area contributed by atoms with Gasteiger partial charge in [0.2, 0.25) is 0 Å². The van der Waals surface area contributed by atoms with Crippen LogP contribution in [-0.4, -0.2) is 96.3 Å². The van der Waals surface area contributed by atoms with Gasteiger partial charge in [0.15, 0.2) is 0 Å². The number of hydrogen-bond donors (Lipinski definition) is 0. The predicted octanol–water partition coefficient (Wildman–Crippen LogP) is 6.40. The third kappa shape index (κ3) is 10.3. The molecule has 4 rings (SSSR count). The lowest BCUT2D eigenvalue weighted by molar-refractivity contribution is 0.0138. The molecule has 0 radical (unpaired) electrons. The van der Waals surface area contributed by atoms with Crippen molar-refractivity contribution in [3.05, 3.63) is 58.0 Å². The highest BCUT2D eigenvalue weighted by Gasteiger charge is 2.28. The molecule has 0 atom stereocenters. The van der Waals surface area contributed by atoms with Crippen molar-refractivity contribution in [3.63, 3.8) is 0 Å². The average Bonchev–Trinajstić information content (AvgIpc) is 3.36. The zero-order valence-corrected chi connectivity index (χ0v) is 31.7. The topological polar surface area (TPSA) is 122 Å². The van der Waals surface area contributed by atoms with Crippen molar-refractivity contribution in [2.75, 3.05) is 39.9 Å². The van der Waals surface area contributed by atoms with E-state index in [9.17, 15) is 19.2 Å². The molecule has 268 valence electrons. The van der Waals surface area contributed by atoms with Crippen LogP contribution >= 0.6 is 0 Å². The monoisotopic (exact) mass is 696 g/mol. The van der Waals surface area contributed by atoms with Crippen molar-refractivity contribution >= 4 is 37.1 Å². The first-order valence-corrected chi connectivity index (χ1v) is 20.4. The third-order valence-corrected chi connectivity index (χ3v) is 9.59. The fraction of sp³-hybridized carbons (Fsp3) is 0.556. The number of carbonyl (C=O) groups is 3. The highest BCUT2D eigenvalue weighted by molar-refractivity contribution is 6.76. The lowest BCUT2D eigenvalue weighted by atomic mass is 10.1. The number of carbonyl (C=O) groups excluding carboxylic acids is 3. The van der Waals surface area contributed by atoms with Crippen LogP contribution in [0.4, 0.5) is 9.59 Å². The summed E-state index contributed by atoms with van der Waals surface area (Å²) >= 11 is 0. The second-order valence-corrected chi connectivity index (χ2v) is 21.4. The zero-order chi connectivity index (χ0) is 36.3. The maximum Gasteiger partial charge on any atom is 0.419 e. The van der Waals surface area contributed by atoms with E-state index in [1.807, 2.05) is 39.0 Å². The molecule has 0 unspecified atom stereocenters. The number of pyridine rings is 1. The number of benzene rings is 1. The first-order chi connectivity index (χ1) is 22.7. The first-order valence-electron chi connectivity index (χ1n) is 16.7. The summed E-state index contributed by atoms with van der Waals surface area (Å²) in [5, 5.41) is 0.728. The highest BCUT2D eigenvalue weighted by atomic mass is 28.3. The quantitative estimate of drug-likeness (QED) is 0.108. The van der Waals surface area contributed by atoms with Crippen LogP contribution in [-0.2, 0) is 32.2 Å². The number of nitrogens with zero attached hydrogens (tertiary/aromatic N) is 4. The van der Waals surface area contributed by atoms with Crippen LogP contribution in [0, 0.1) is 0 Å². The Morgan fingerprint density at radius 3 is 2.08 bits per heavy atom. The van der Waals surface area contributed by atoms with Crippen LogP contribution in [0.25, 0.3) is 22.2 Å². The zero-order valence-electron chi connectivity index (χ0n) is 30.7. The summed E-state index contributed by atoms with van der Waals surface area (Å²) in [5.41, 5.74) is 0.371. The van der Waals surface area contributed by atoms with Gasteiger partial charge in [-0.3, -0.25) is 14.3 Å². The van der Waals surface area contributed by atoms with Crippen LogP contribution in [0.2, 0.25) is 25.7 Å². The smallest absolute Gasteiger partial charge is 0.419 e. The van der Waals surface area contributed by atoms with Gasteiger partial charge in [-0.2, -0.15) is 0 Å². The second kappa shape index (κ2) is 14.9. The molecule has 1 amide bonds. The molecule has 0 aliphatic carbocycles. The molecule has 1 aliphatic rings. The molecule has 1 fully saturated rings. The fourth-order valence-corrected chi connectivity index (χ4v) is 6.18. The van der Waals surface area contributed by atoms with Gasteiger partial charge in [0.1, 0.15) is 17.9 Å². The van der Waals surface area contributed by atoms with Gasteiger partial charge in [0, 0.05) is 59.0 Å². The number of amides is 1. The van der Waals surface area contributed by atoms with Gasteiger partial charge in [-0.05, 0) is 77.4 Å². The van der Waals surface area contributed by atoms with Crippen molar-refractivity contribution in [2.24, 2.45) is 0 Å². The molecular weight excluding hydrogens is 645 g/mol. The van der Waals surface area contributed by atoms with Crippen LogP contribution in [0.5, 0.6) is 0 Å².